The fraction of sp³-hybridized carbons (Fsp3) is 0.156. The Labute approximate surface area is 221 Å². The van der Waals surface area contributed by atoms with Crippen LogP contribution in [0.25, 0.3) is 16.6 Å². The number of ketones is 1. The average molecular weight is 505 g/mol. The Morgan fingerprint density at radius 1 is 0.784 bits per heavy atom. The Morgan fingerprint density at radius 2 is 1.43 bits per heavy atom. The molecular weight excluding hydrogens is 476 g/mol. The number of carbonyl (C=O) groups is 1. The van der Waals surface area contributed by atoms with Crippen molar-refractivity contribution in [3.8, 4) is 5.69 Å². The van der Waals surface area contributed by atoms with Crippen molar-refractivity contribution < 1.29 is 4.79 Å². The second-order valence-corrected chi connectivity index (χ2v) is 10.5. The van der Waals surface area contributed by atoms with Crippen LogP contribution in [0.3, 0.4) is 0 Å². The first-order chi connectivity index (χ1) is 17.8. The van der Waals surface area contributed by atoms with Crippen LogP contribution in [0.2, 0.25) is 0 Å². The number of aryl methyl sites for hydroxylation is 3. The number of thioether (sulfide) groups is 1. The van der Waals surface area contributed by atoms with Crippen molar-refractivity contribution in [1.29, 1.82) is 0 Å². The number of hydrogen-bond donors (Lipinski definition) is 0. The topological polar surface area (TPSA) is 52.0 Å². The highest BCUT2D eigenvalue weighted by atomic mass is 32.2. The highest BCUT2D eigenvalue weighted by Crippen LogP contribution is 2.38. The lowest BCUT2D eigenvalue weighted by Gasteiger charge is -2.20. The van der Waals surface area contributed by atoms with Gasteiger partial charge in [-0.2, -0.15) is 0 Å². The zero-order valence-corrected chi connectivity index (χ0v) is 22.2. The van der Waals surface area contributed by atoms with E-state index in [0.29, 0.717) is 21.6 Å². The number of para-hydroxylation sites is 1. The molecule has 0 N–H and O–H groups in total. The number of Topliss-reactive ketones (excluding diaryl/α,β-unsaturated/α-hetero) is 1. The number of benzene rings is 4. The molecule has 1 aromatic heterocycles. The van der Waals surface area contributed by atoms with E-state index in [4.69, 9.17) is 4.98 Å². The molecular formula is C32H28N2O2S. The van der Waals surface area contributed by atoms with Crippen molar-refractivity contribution >= 4 is 28.4 Å². The van der Waals surface area contributed by atoms with Crippen molar-refractivity contribution in [2.75, 3.05) is 0 Å². The Bertz CT molecular complexity index is 1670. The van der Waals surface area contributed by atoms with Gasteiger partial charge in [0.1, 0.15) is 5.25 Å². The fourth-order valence-corrected chi connectivity index (χ4v) is 5.56. The van der Waals surface area contributed by atoms with Gasteiger partial charge in [-0.3, -0.25) is 14.2 Å². The predicted molar refractivity (Wildman–Crippen MR) is 152 cm³/mol. The van der Waals surface area contributed by atoms with E-state index in [2.05, 4.69) is 0 Å². The van der Waals surface area contributed by atoms with E-state index in [-0.39, 0.29) is 11.3 Å². The predicted octanol–water partition coefficient (Wildman–Crippen LogP) is 7.34. The molecule has 1 heterocycles. The summed E-state index contributed by atoms with van der Waals surface area (Å²) < 4.78 is 1.67. The van der Waals surface area contributed by atoms with Gasteiger partial charge in [0.15, 0.2) is 10.9 Å². The summed E-state index contributed by atoms with van der Waals surface area (Å²) in [5.74, 6) is -0.0243. The van der Waals surface area contributed by atoms with E-state index < -0.39 is 5.25 Å². The third-order valence-corrected chi connectivity index (χ3v) is 7.95. The molecule has 0 aliphatic carbocycles. The number of carbonyl (C=O) groups excluding carboxylic acids is 1. The summed E-state index contributed by atoms with van der Waals surface area (Å²) in [6, 6.07) is 28.9. The van der Waals surface area contributed by atoms with Crippen LogP contribution < -0.4 is 5.56 Å². The maximum Gasteiger partial charge on any atom is 0.266 e. The SMILES string of the molecule is Cc1ccc(C(=O)C(Sc2nc3ccccc3c(=O)n2-c2cccc(C)c2C)c2ccc(C)cc2)cc1. The van der Waals surface area contributed by atoms with Gasteiger partial charge in [-0.25, -0.2) is 4.98 Å². The number of rotatable bonds is 6. The van der Waals surface area contributed by atoms with Gasteiger partial charge in [0.2, 0.25) is 0 Å². The van der Waals surface area contributed by atoms with Crippen LogP contribution in [-0.2, 0) is 0 Å². The lowest BCUT2D eigenvalue weighted by molar-refractivity contribution is 0.0989. The quantitative estimate of drug-likeness (QED) is 0.138. The Hall–Kier alpha value is -3.96. The van der Waals surface area contributed by atoms with Gasteiger partial charge in [0.05, 0.1) is 16.6 Å². The van der Waals surface area contributed by atoms with Crippen molar-refractivity contribution in [2.24, 2.45) is 0 Å². The van der Waals surface area contributed by atoms with E-state index >= 15 is 0 Å². The van der Waals surface area contributed by atoms with Crippen LogP contribution in [0.1, 0.15) is 43.4 Å². The summed E-state index contributed by atoms with van der Waals surface area (Å²) in [7, 11) is 0. The van der Waals surface area contributed by atoms with Crippen molar-refractivity contribution in [3.63, 3.8) is 0 Å². The summed E-state index contributed by atoms with van der Waals surface area (Å²) in [5.41, 5.74) is 7.04. The highest BCUT2D eigenvalue weighted by molar-refractivity contribution is 8.00. The van der Waals surface area contributed by atoms with Crippen LogP contribution in [0, 0.1) is 27.7 Å². The lowest BCUT2D eigenvalue weighted by atomic mass is 10.0. The van der Waals surface area contributed by atoms with Crippen LogP contribution in [0.5, 0.6) is 0 Å². The first-order valence-corrected chi connectivity index (χ1v) is 13.1. The Balaban J connectivity index is 1.73. The number of aromatic nitrogens is 2. The molecule has 5 rings (SSSR count). The molecule has 0 saturated heterocycles. The molecule has 0 aliphatic heterocycles. The third kappa shape index (κ3) is 4.87. The monoisotopic (exact) mass is 504 g/mol. The van der Waals surface area contributed by atoms with Crippen molar-refractivity contribution in [3.05, 3.63) is 135 Å². The average Bonchev–Trinajstić information content (AvgIpc) is 2.90. The maximum atomic E-state index is 13.9. The van der Waals surface area contributed by atoms with Gasteiger partial charge >= 0.3 is 0 Å². The first kappa shape index (κ1) is 24.7. The third-order valence-electron chi connectivity index (χ3n) is 6.74. The molecule has 0 amide bonds. The fourth-order valence-electron chi connectivity index (χ4n) is 4.37. The molecule has 37 heavy (non-hydrogen) atoms. The smallest absolute Gasteiger partial charge is 0.266 e. The van der Waals surface area contributed by atoms with Gasteiger partial charge in [0, 0.05) is 5.56 Å². The molecule has 184 valence electrons. The molecule has 0 bridgehead atoms. The molecule has 1 atom stereocenters. The van der Waals surface area contributed by atoms with E-state index in [0.717, 1.165) is 33.5 Å². The second kappa shape index (κ2) is 10.2. The molecule has 4 nitrogen and oxygen atoms in total. The number of hydrogen-bond acceptors (Lipinski definition) is 4. The van der Waals surface area contributed by atoms with Crippen molar-refractivity contribution in [2.45, 2.75) is 38.1 Å². The largest absolute Gasteiger partial charge is 0.293 e. The molecule has 5 heteroatoms. The minimum atomic E-state index is -0.576. The van der Waals surface area contributed by atoms with E-state index in [9.17, 15) is 9.59 Å². The van der Waals surface area contributed by atoms with Gasteiger partial charge in [0.25, 0.3) is 5.56 Å². The van der Waals surface area contributed by atoms with Crippen LogP contribution in [0.4, 0.5) is 0 Å². The van der Waals surface area contributed by atoms with Crippen LogP contribution in [0.15, 0.2) is 101 Å². The summed E-state index contributed by atoms with van der Waals surface area (Å²) >= 11 is 1.32. The highest BCUT2D eigenvalue weighted by Gasteiger charge is 2.27. The maximum absolute atomic E-state index is 13.9. The summed E-state index contributed by atoms with van der Waals surface area (Å²) in [6.07, 6.45) is 0. The second-order valence-electron chi connectivity index (χ2n) is 9.41. The van der Waals surface area contributed by atoms with E-state index in [1.165, 1.54) is 11.8 Å². The van der Waals surface area contributed by atoms with Gasteiger partial charge in [-0.15, -0.1) is 0 Å². The normalized spacial score (nSPS) is 12.0. The summed E-state index contributed by atoms with van der Waals surface area (Å²) in [5, 5.41) is 0.459. The summed E-state index contributed by atoms with van der Waals surface area (Å²) in [6.45, 7) is 8.07. The molecule has 0 saturated carbocycles. The summed E-state index contributed by atoms with van der Waals surface area (Å²) in [4.78, 5) is 32.7. The van der Waals surface area contributed by atoms with Gasteiger partial charge in [-0.05, 0) is 62.6 Å². The minimum Gasteiger partial charge on any atom is -0.293 e. The standard InChI is InChI=1S/C32H28N2O2S/c1-20-12-16-24(17-13-20)29(35)30(25-18-14-21(2)15-19-25)37-32-33-27-10-6-5-9-26(27)31(36)34(32)28-11-7-8-22(3)23(28)4/h5-19,30H,1-4H3. The number of fused-ring (bicyclic) bond motifs is 1. The Kier molecular flexibility index (Phi) is 6.81. The van der Waals surface area contributed by atoms with Gasteiger partial charge < -0.3 is 0 Å². The Morgan fingerprint density at radius 3 is 2.14 bits per heavy atom. The van der Waals surface area contributed by atoms with Crippen molar-refractivity contribution in [1.82, 2.24) is 9.55 Å². The zero-order valence-electron chi connectivity index (χ0n) is 21.4. The lowest BCUT2D eigenvalue weighted by Crippen LogP contribution is -2.23. The molecule has 4 aromatic carbocycles. The molecule has 0 spiro atoms. The van der Waals surface area contributed by atoms with Gasteiger partial charge in [-0.1, -0.05) is 95.7 Å². The molecule has 5 aromatic rings. The van der Waals surface area contributed by atoms with Crippen LogP contribution >= 0.6 is 11.8 Å². The number of nitrogens with zero attached hydrogens (tertiary/aromatic N) is 2. The molecule has 0 radical (unpaired) electrons. The zero-order chi connectivity index (χ0) is 26.1. The minimum absolute atomic E-state index is 0.0243. The molecule has 0 fully saturated rings. The molecule has 1 unspecified atom stereocenters. The van der Waals surface area contributed by atoms with E-state index in [1.54, 1.807) is 10.6 Å². The molecule has 0 aliphatic rings. The first-order valence-electron chi connectivity index (χ1n) is 12.3. The van der Waals surface area contributed by atoms with E-state index in [1.807, 2.05) is 113 Å². The van der Waals surface area contributed by atoms with Crippen LogP contribution in [-0.4, -0.2) is 15.3 Å².